The van der Waals surface area contributed by atoms with E-state index in [9.17, 15) is 9.59 Å². The van der Waals surface area contributed by atoms with Crippen LogP contribution in [0.5, 0.6) is 0 Å². The van der Waals surface area contributed by atoms with Gasteiger partial charge in [-0.25, -0.2) is 4.79 Å². The monoisotopic (exact) mass is 491 g/mol. The lowest BCUT2D eigenvalue weighted by molar-refractivity contribution is -0.122. The van der Waals surface area contributed by atoms with Crippen LogP contribution in [0.3, 0.4) is 0 Å². The van der Waals surface area contributed by atoms with E-state index in [0.29, 0.717) is 18.7 Å². The minimum atomic E-state index is -0.709. The number of amides is 3. The second kappa shape index (κ2) is 13.1. The highest BCUT2D eigenvalue weighted by atomic mass is 16.2. The molecule has 188 valence electrons. The van der Waals surface area contributed by atoms with Crippen LogP contribution in [0, 0.1) is 6.92 Å². The summed E-state index contributed by atoms with van der Waals surface area (Å²) in [6.07, 6.45) is 1.14. The molecule has 0 fully saturated rings. The number of benzene rings is 4. The third kappa shape index (κ3) is 7.80. The van der Waals surface area contributed by atoms with E-state index in [1.54, 1.807) is 0 Å². The fraction of sp³-hybridized carbons (Fsp3) is 0.188. The molecule has 0 aliphatic rings. The summed E-state index contributed by atoms with van der Waals surface area (Å²) in [7, 11) is 0. The topological polar surface area (TPSA) is 70.2 Å². The average molecular weight is 492 g/mol. The van der Waals surface area contributed by atoms with Gasteiger partial charge >= 0.3 is 6.03 Å². The average Bonchev–Trinajstić information content (AvgIpc) is 2.92. The summed E-state index contributed by atoms with van der Waals surface area (Å²) < 4.78 is 0. The zero-order valence-corrected chi connectivity index (χ0v) is 21.1. The van der Waals surface area contributed by atoms with Crippen LogP contribution in [0.15, 0.2) is 115 Å². The van der Waals surface area contributed by atoms with Gasteiger partial charge in [-0.05, 0) is 47.7 Å². The Bertz CT molecular complexity index is 1240. The first kappa shape index (κ1) is 25.7. The number of hydrogen-bond acceptors (Lipinski definition) is 2. The fourth-order valence-corrected chi connectivity index (χ4v) is 4.47. The van der Waals surface area contributed by atoms with Crippen LogP contribution in [-0.2, 0) is 11.2 Å². The first-order valence-electron chi connectivity index (χ1n) is 12.6. The smallest absolute Gasteiger partial charge is 0.319 e. The van der Waals surface area contributed by atoms with E-state index in [1.807, 2.05) is 97.9 Å². The molecule has 5 heteroatoms. The summed E-state index contributed by atoms with van der Waals surface area (Å²) in [6.45, 7) is 2.45. The molecule has 4 rings (SSSR count). The molecule has 5 nitrogen and oxygen atoms in total. The van der Waals surface area contributed by atoms with Gasteiger partial charge in [-0.2, -0.15) is 0 Å². The molecule has 0 bridgehead atoms. The Morgan fingerprint density at radius 3 is 1.92 bits per heavy atom. The van der Waals surface area contributed by atoms with Crippen molar-refractivity contribution in [2.24, 2.45) is 0 Å². The molecular formula is C32H33N3O2. The summed E-state index contributed by atoms with van der Waals surface area (Å²) in [6, 6.07) is 36.8. The SMILES string of the molecule is Cc1cccc(NC(=O)NC(Cc2ccccc2)C(=O)NCCC(c2ccccc2)c2ccccc2)c1. The van der Waals surface area contributed by atoms with E-state index in [-0.39, 0.29) is 11.8 Å². The number of anilines is 1. The van der Waals surface area contributed by atoms with Crippen molar-refractivity contribution >= 4 is 17.6 Å². The van der Waals surface area contributed by atoms with Crippen LogP contribution in [0.25, 0.3) is 0 Å². The van der Waals surface area contributed by atoms with E-state index in [1.165, 1.54) is 11.1 Å². The highest BCUT2D eigenvalue weighted by Crippen LogP contribution is 2.27. The van der Waals surface area contributed by atoms with Gasteiger partial charge in [-0.3, -0.25) is 4.79 Å². The lowest BCUT2D eigenvalue weighted by atomic mass is 9.88. The molecule has 4 aromatic rings. The molecule has 1 unspecified atom stereocenters. The van der Waals surface area contributed by atoms with Crippen molar-refractivity contribution < 1.29 is 9.59 Å². The molecule has 0 saturated carbocycles. The van der Waals surface area contributed by atoms with Crippen molar-refractivity contribution in [3.8, 4) is 0 Å². The zero-order chi connectivity index (χ0) is 25.9. The second-order valence-electron chi connectivity index (χ2n) is 9.16. The molecule has 0 spiro atoms. The Balaban J connectivity index is 1.42. The summed E-state index contributed by atoms with van der Waals surface area (Å²) in [5.41, 5.74) is 5.12. The zero-order valence-electron chi connectivity index (χ0n) is 21.1. The van der Waals surface area contributed by atoms with Gasteiger partial charge in [-0.1, -0.05) is 103 Å². The molecule has 0 saturated heterocycles. The van der Waals surface area contributed by atoms with Gasteiger partial charge in [0, 0.05) is 24.6 Å². The number of carbonyl (C=O) groups excluding carboxylic acids is 2. The van der Waals surface area contributed by atoms with Gasteiger partial charge in [0.2, 0.25) is 5.91 Å². The van der Waals surface area contributed by atoms with Crippen molar-refractivity contribution in [3.05, 3.63) is 138 Å². The number of aryl methyl sites for hydroxylation is 1. The maximum Gasteiger partial charge on any atom is 0.319 e. The molecular weight excluding hydrogens is 458 g/mol. The predicted octanol–water partition coefficient (Wildman–Crippen LogP) is 6.07. The van der Waals surface area contributed by atoms with E-state index in [0.717, 1.165) is 17.5 Å². The number of carbonyl (C=O) groups is 2. The Hall–Kier alpha value is -4.38. The van der Waals surface area contributed by atoms with Crippen LogP contribution in [0.1, 0.15) is 34.6 Å². The molecule has 0 aliphatic carbocycles. The highest BCUT2D eigenvalue weighted by Gasteiger charge is 2.22. The minimum absolute atomic E-state index is 0.160. The molecule has 3 amide bonds. The molecule has 37 heavy (non-hydrogen) atoms. The van der Waals surface area contributed by atoms with Crippen LogP contribution in [0.4, 0.5) is 10.5 Å². The molecule has 0 aromatic heterocycles. The first-order chi connectivity index (χ1) is 18.1. The maximum atomic E-state index is 13.3. The Kier molecular flexibility index (Phi) is 9.08. The van der Waals surface area contributed by atoms with E-state index in [4.69, 9.17) is 0 Å². The van der Waals surface area contributed by atoms with Crippen molar-refractivity contribution in [1.29, 1.82) is 0 Å². The maximum absolute atomic E-state index is 13.3. The number of hydrogen-bond donors (Lipinski definition) is 3. The third-order valence-corrected chi connectivity index (χ3v) is 6.32. The Morgan fingerprint density at radius 1 is 0.730 bits per heavy atom. The van der Waals surface area contributed by atoms with Gasteiger partial charge < -0.3 is 16.0 Å². The van der Waals surface area contributed by atoms with Crippen LogP contribution < -0.4 is 16.0 Å². The second-order valence-corrected chi connectivity index (χ2v) is 9.16. The number of urea groups is 1. The molecule has 1 atom stereocenters. The van der Waals surface area contributed by atoms with Crippen molar-refractivity contribution in [1.82, 2.24) is 10.6 Å². The van der Waals surface area contributed by atoms with Gasteiger partial charge in [0.25, 0.3) is 0 Å². The van der Waals surface area contributed by atoms with Crippen molar-refractivity contribution in [2.75, 3.05) is 11.9 Å². The van der Waals surface area contributed by atoms with Gasteiger partial charge in [-0.15, -0.1) is 0 Å². The van der Waals surface area contributed by atoms with Crippen LogP contribution >= 0.6 is 0 Å². The third-order valence-electron chi connectivity index (χ3n) is 6.32. The quantitative estimate of drug-likeness (QED) is 0.252. The first-order valence-corrected chi connectivity index (χ1v) is 12.6. The summed E-state index contributed by atoms with van der Waals surface area (Å²) >= 11 is 0. The van der Waals surface area contributed by atoms with Crippen LogP contribution in [0.2, 0.25) is 0 Å². The molecule has 0 aliphatic heterocycles. The number of nitrogens with one attached hydrogen (secondary N) is 3. The van der Waals surface area contributed by atoms with Gasteiger partial charge in [0.1, 0.15) is 6.04 Å². The highest BCUT2D eigenvalue weighted by molar-refractivity contribution is 5.93. The van der Waals surface area contributed by atoms with Gasteiger partial charge in [0.05, 0.1) is 0 Å². The Morgan fingerprint density at radius 2 is 1.32 bits per heavy atom. The van der Waals surface area contributed by atoms with Crippen molar-refractivity contribution in [2.45, 2.75) is 31.7 Å². The normalized spacial score (nSPS) is 11.5. The lowest BCUT2D eigenvalue weighted by Crippen LogP contribution is -2.49. The fourth-order valence-electron chi connectivity index (χ4n) is 4.47. The standard InChI is InChI=1S/C32H33N3O2/c1-24-12-11-19-28(22-24)34-32(37)35-30(23-25-13-5-2-6-14-25)31(36)33-21-20-29(26-15-7-3-8-16-26)27-17-9-4-10-18-27/h2-19,22,29-30H,20-21,23H2,1H3,(H,33,36)(H2,34,35,37). The molecule has 0 radical (unpaired) electrons. The minimum Gasteiger partial charge on any atom is -0.354 e. The number of rotatable bonds is 10. The lowest BCUT2D eigenvalue weighted by Gasteiger charge is -2.21. The van der Waals surface area contributed by atoms with E-state index >= 15 is 0 Å². The summed E-state index contributed by atoms with van der Waals surface area (Å²) in [5.74, 6) is -0.0454. The Labute approximate surface area is 218 Å². The van der Waals surface area contributed by atoms with Gasteiger partial charge in [0.15, 0.2) is 0 Å². The molecule has 4 aromatic carbocycles. The van der Waals surface area contributed by atoms with E-state index in [2.05, 4.69) is 40.2 Å². The largest absolute Gasteiger partial charge is 0.354 e. The van der Waals surface area contributed by atoms with Crippen LogP contribution in [-0.4, -0.2) is 24.5 Å². The predicted molar refractivity (Wildman–Crippen MR) is 150 cm³/mol. The van der Waals surface area contributed by atoms with Crippen molar-refractivity contribution in [3.63, 3.8) is 0 Å². The molecule has 3 N–H and O–H groups in total. The summed E-state index contributed by atoms with van der Waals surface area (Å²) in [4.78, 5) is 26.1. The van der Waals surface area contributed by atoms with E-state index < -0.39 is 12.1 Å². The summed E-state index contributed by atoms with van der Waals surface area (Å²) in [5, 5.41) is 8.78. The molecule has 0 heterocycles.